The first-order valence-corrected chi connectivity index (χ1v) is 11.5. The number of hydrogen-bond acceptors (Lipinski definition) is 9. The first-order valence-electron chi connectivity index (χ1n) is 11.5. The number of hydrogen-bond donors (Lipinski definition) is 1. The second kappa shape index (κ2) is 15.1. The molecule has 0 saturated carbocycles. The fourth-order valence-electron chi connectivity index (χ4n) is 3.11. The summed E-state index contributed by atoms with van der Waals surface area (Å²) < 4.78 is 26.9. The van der Waals surface area contributed by atoms with Crippen molar-refractivity contribution in [2.24, 2.45) is 5.92 Å². The van der Waals surface area contributed by atoms with Gasteiger partial charge in [-0.2, -0.15) is 0 Å². The van der Waals surface area contributed by atoms with E-state index in [2.05, 4.69) is 17.2 Å². The second-order valence-electron chi connectivity index (χ2n) is 8.21. The number of carbonyl (C=O) groups is 3. The van der Waals surface area contributed by atoms with Crippen LogP contribution in [0.5, 0.6) is 11.5 Å². The maximum absolute atomic E-state index is 12.9. The van der Waals surface area contributed by atoms with Gasteiger partial charge in [-0.05, 0) is 26.2 Å². The van der Waals surface area contributed by atoms with Crippen molar-refractivity contribution in [1.82, 2.24) is 10.3 Å². The van der Waals surface area contributed by atoms with Crippen molar-refractivity contribution in [3.05, 3.63) is 18.0 Å². The van der Waals surface area contributed by atoms with E-state index < -0.39 is 36.8 Å². The van der Waals surface area contributed by atoms with Crippen molar-refractivity contribution in [3.63, 3.8) is 0 Å². The Kier molecular flexibility index (Phi) is 13.0. The highest BCUT2D eigenvalue weighted by molar-refractivity contribution is 5.98. The molecule has 0 saturated heterocycles. The van der Waals surface area contributed by atoms with Gasteiger partial charge < -0.3 is 29.0 Å². The van der Waals surface area contributed by atoms with Crippen molar-refractivity contribution < 1.29 is 38.1 Å². The van der Waals surface area contributed by atoms with E-state index in [4.69, 9.17) is 23.7 Å². The fourth-order valence-corrected chi connectivity index (χ4v) is 3.11. The lowest BCUT2D eigenvalue weighted by atomic mass is 10.0. The summed E-state index contributed by atoms with van der Waals surface area (Å²) >= 11 is 0. The van der Waals surface area contributed by atoms with Crippen LogP contribution in [0.3, 0.4) is 0 Å². The Labute approximate surface area is 201 Å². The molecule has 1 N–H and O–H groups in total. The standard InChI is InChI=1S/C24H38N2O8/c1-8-9-10-13-31-17(5)21(15(2)3)34-24(29)16(4)26-23(28)20-22(33-14-32-18(6)27)19(30-7)11-12-25-20/h11-12,15-17,21H,8-10,13-14H2,1-7H3,(H,26,28)/t16-,17-,21+/m0/s1. The molecule has 3 atom stereocenters. The Morgan fingerprint density at radius 1 is 1.12 bits per heavy atom. The number of amides is 1. The van der Waals surface area contributed by atoms with E-state index in [1.807, 2.05) is 20.8 Å². The van der Waals surface area contributed by atoms with E-state index in [9.17, 15) is 14.4 Å². The van der Waals surface area contributed by atoms with Crippen LogP contribution in [0.2, 0.25) is 0 Å². The number of ether oxygens (including phenoxy) is 5. The number of unbranched alkanes of at least 4 members (excludes halogenated alkanes) is 2. The average molecular weight is 483 g/mol. The minimum atomic E-state index is -0.963. The SMILES string of the molecule is CCCCCO[C@@H](C)[C@H](OC(=O)[C@H](C)NC(=O)c1nccc(OC)c1OCOC(C)=O)C(C)C. The Hall–Kier alpha value is -2.88. The van der Waals surface area contributed by atoms with Gasteiger partial charge in [0.1, 0.15) is 12.1 Å². The highest BCUT2D eigenvalue weighted by atomic mass is 16.7. The van der Waals surface area contributed by atoms with Crippen LogP contribution in [-0.4, -0.2) is 61.6 Å². The minimum absolute atomic E-state index is 0.0153. The first-order chi connectivity index (χ1) is 16.1. The molecule has 1 aromatic heterocycles. The zero-order chi connectivity index (χ0) is 25.7. The van der Waals surface area contributed by atoms with Gasteiger partial charge in [0.15, 0.2) is 17.2 Å². The molecule has 0 aromatic carbocycles. The van der Waals surface area contributed by atoms with Crippen LogP contribution < -0.4 is 14.8 Å². The van der Waals surface area contributed by atoms with Gasteiger partial charge in [0.2, 0.25) is 6.79 Å². The third kappa shape index (κ3) is 9.54. The molecule has 1 aromatic rings. The lowest BCUT2D eigenvalue weighted by Crippen LogP contribution is -2.44. The summed E-state index contributed by atoms with van der Waals surface area (Å²) in [5.74, 6) is -1.59. The molecule has 0 aliphatic heterocycles. The molecule has 0 fully saturated rings. The van der Waals surface area contributed by atoms with E-state index in [-0.39, 0.29) is 29.2 Å². The van der Waals surface area contributed by atoms with Crippen LogP contribution in [0.1, 0.15) is 71.3 Å². The van der Waals surface area contributed by atoms with Crippen molar-refractivity contribution in [1.29, 1.82) is 0 Å². The van der Waals surface area contributed by atoms with E-state index in [1.54, 1.807) is 0 Å². The van der Waals surface area contributed by atoms with Gasteiger partial charge in [-0.1, -0.05) is 33.6 Å². The number of rotatable bonds is 15. The number of nitrogens with one attached hydrogen (secondary N) is 1. The second-order valence-corrected chi connectivity index (χ2v) is 8.21. The van der Waals surface area contributed by atoms with E-state index >= 15 is 0 Å². The fraction of sp³-hybridized carbons (Fsp3) is 0.667. The number of methoxy groups -OCH3 is 1. The summed E-state index contributed by atoms with van der Waals surface area (Å²) in [4.78, 5) is 40.6. The Balaban J connectivity index is 2.84. The molecule has 0 aliphatic carbocycles. The molecule has 0 bridgehead atoms. The van der Waals surface area contributed by atoms with Crippen LogP contribution in [0, 0.1) is 5.92 Å². The zero-order valence-electron chi connectivity index (χ0n) is 21.2. The molecular weight excluding hydrogens is 444 g/mol. The molecule has 0 aliphatic rings. The van der Waals surface area contributed by atoms with Gasteiger partial charge in [0.05, 0.1) is 13.2 Å². The summed E-state index contributed by atoms with van der Waals surface area (Å²) in [5.41, 5.74) is -0.126. The lowest BCUT2D eigenvalue weighted by molar-refractivity contribution is -0.162. The summed E-state index contributed by atoms with van der Waals surface area (Å²) in [5, 5.41) is 2.57. The summed E-state index contributed by atoms with van der Waals surface area (Å²) in [6, 6.07) is 0.530. The van der Waals surface area contributed by atoms with Crippen LogP contribution >= 0.6 is 0 Å². The van der Waals surface area contributed by atoms with E-state index in [0.29, 0.717) is 6.61 Å². The smallest absolute Gasteiger partial charge is 0.328 e. The zero-order valence-corrected chi connectivity index (χ0v) is 21.2. The van der Waals surface area contributed by atoms with Crippen molar-refractivity contribution >= 4 is 17.8 Å². The monoisotopic (exact) mass is 482 g/mol. The summed E-state index contributed by atoms with van der Waals surface area (Å²) in [7, 11) is 1.40. The molecule has 1 rings (SSSR count). The van der Waals surface area contributed by atoms with Crippen molar-refractivity contribution in [2.75, 3.05) is 20.5 Å². The molecule has 0 radical (unpaired) electrons. The summed E-state index contributed by atoms with van der Waals surface area (Å²) in [6.45, 7) is 10.8. The Bertz CT molecular complexity index is 799. The predicted molar refractivity (Wildman–Crippen MR) is 125 cm³/mol. The molecule has 0 spiro atoms. The topological polar surface area (TPSA) is 122 Å². The predicted octanol–water partition coefficient (Wildman–Crippen LogP) is 3.27. The number of esters is 2. The first kappa shape index (κ1) is 29.2. The molecule has 1 amide bonds. The molecular formula is C24H38N2O8. The lowest BCUT2D eigenvalue weighted by Gasteiger charge is -2.28. The third-order valence-electron chi connectivity index (χ3n) is 4.97. The molecule has 10 nitrogen and oxygen atoms in total. The van der Waals surface area contributed by atoms with Gasteiger partial charge in [-0.3, -0.25) is 9.59 Å². The maximum Gasteiger partial charge on any atom is 0.328 e. The van der Waals surface area contributed by atoms with Gasteiger partial charge in [0, 0.05) is 25.8 Å². The summed E-state index contributed by atoms with van der Waals surface area (Å²) in [6.07, 6.45) is 3.72. The number of nitrogens with zero attached hydrogens (tertiary/aromatic N) is 1. The van der Waals surface area contributed by atoms with Crippen LogP contribution in [0.25, 0.3) is 0 Å². The molecule has 1 heterocycles. The molecule has 34 heavy (non-hydrogen) atoms. The van der Waals surface area contributed by atoms with Crippen LogP contribution in [0.15, 0.2) is 12.3 Å². The minimum Gasteiger partial charge on any atom is -0.493 e. The molecule has 0 unspecified atom stereocenters. The highest BCUT2D eigenvalue weighted by Crippen LogP contribution is 2.29. The van der Waals surface area contributed by atoms with Gasteiger partial charge >= 0.3 is 11.9 Å². The van der Waals surface area contributed by atoms with Crippen LogP contribution in [0.4, 0.5) is 0 Å². The largest absolute Gasteiger partial charge is 0.493 e. The van der Waals surface area contributed by atoms with Crippen molar-refractivity contribution in [2.45, 2.75) is 79.1 Å². The number of aromatic nitrogens is 1. The quantitative estimate of drug-likeness (QED) is 0.228. The highest BCUT2D eigenvalue weighted by Gasteiger charge is 2.29. The Morgan fingerprint density at radius 2 is 1.82 bits per heavy atom. The normalized spacial score (nSPS) is 13.5. The van der Waals surface area contributed by atoms with Gasteiger partial charge in [-0.15, -0.1) is 0 Å². The molecule has 192 valence electrons. The maximum atomic E-state index is 12.9. The van der Waals surface area contributed by atoms with Gasteiger partial charge in [-0.25, -0.2) is 9.78 Å². The third-order valence-corrected chi connectivity index (χ3v) is 4.97. The Morgan fingerprint density at radius 3 is 2.41 bits per heavy atom. The van der Waals surface area contributed by atoms with E-state index in [1.165, 1.54) is 33.2 Å². The van der Waals surface area contributed by atoms with Crippen molar-refractivity contribution in [3.8, 4) is 11.5 Å². The number of pyridine rings is 1. The molecule has 10 heteroatoms. The van der Waals surface area contributed by atoms with E-state index in [0.717, 1.165) is 19.3 Å². The number of carbonyl (C=O) groups excluding carboxylic acids is 3. The van der Waals surface area contributed by atoms with Crippen LogP contribution in [-0.2, 0) is 23.8 Å². The van der Waals surface area contributed by atoms with Gasteiger partial charge in [0.25, 0.3) is 5.91 Å². The average Bonchev–Trinajstić information content (AvgIpc) is 2.79.